The maximum absolute atomic E-state index is 12.0. The maximum atomic E-state index is 12.0. The average molecular weight is 394 g/mol. The number of hydrogen-bond acceptors (Lipinski definition) is 2. The third-order valence-corrected chi connectivity index (χ3v) is 4.24. The van der Waals surface area contributed by atoms with Gasteiger partial charge in [0.1, 0.15) is 0 Å². The van der Waals surface area contributed by atoms with Gasteiger partial charge in [-0.3, -0.25) is 4.79 Å². The van der Waals surface area contributed by atoms with Crippen LogP contribution in [0.4, 0.5) is 0 Å². The molecule has 0 radical (unpaired) electrons. The molecule has 0 aliphatic carbocycles. The molecule has 0 saturated carbocycles. The molecule has 0 spiro atoms. The predicted molar refractivity (Wildman–Crippen MR) is 84.7 cm³/mol. The summed E-state index contributed by atoms with van der Waals surface area (Å²) in [6.45, 7) is 4.20. The summed E-state index contributed by atoms with van der Waals surface area (Å²) in [5.74, 6) is -0.154. The first kappa shape index (κ1) is 15.6. The molecule has 3 nitrogen and oxygen atoms in total. The van der Waals surface area contributed by atoms with Crippen molar-refractivity contribution in [3.63, 3.8) is 0 Å². The third kappa shape index (κ3) is 4.03. The van der Waals surface area contributed by atoms with E-state index < -0.39 is 5.41 Å². The van der Waals surface area contributed by atoms with Crippen molar-refractivity contribution in [2.24, 2.45) is 11.1 Å². The number of amides is 1. The molecule has 0 bridgehead atoms. The zero-order valence-electron chi connectivity index (χ0n) is 10.1. The molecule has 0 fully saturated rings. The molecule has 0 aliphatic rings. The minimum Gasteiger partial charge on any atom is -0.393 e. The summed E-state index contributed by atoms with van der Waals surface area (Å²) in [6, 6.07) is 5.39. The normalized spacial score (nSPS) is 11.1. The van der Waals surface area contributed by atoms with Crippen LogP contribution < -0.4 is 11.1 Å². The van der Waals surface area contributed by atoms with Crippen LogP contribution in [-0.2, 0) is 0 Å². The first-order valence-electron chi connectivity index (χ1n) is 5.27. The van der Waals surface area contributed by atoms with E-state index in [4.69, 9.17) is 18.0 Å². The van der Waals surface area contributed by atoms with Crippen LogP contribution >= 0.6 is 44.1 Å². The van der Waals surface area contributed by atoms with E-state index in [0.29, 0.717) is 17.1 Å². The summed E-state index contributed by atoms with van der Waals surface area (Å²) in [5, 5.41) is 2.83. The van der Waals surface area contributed by atoms with Gasteiger partial charge in [-0.1, -0.05) is 42.0 Å². The Labute approximate surface area is 129 Å². The summed E-state index contributed by atoms with van der Waals surface area (Å²) < 4.78 is 1.65. The Hall–Kier alpha value is -0.460. The number of nitrogens with two attached hydrogens (primary N) is 1. The Bertz CT molecular complexity index is 489. The number of halogens is 2. The fourth-order valence-electron chi connectivity index (χ4n) is 1.16. The summed E-state index contributed by atoms with van der Waals surface area (Å²) in [7, 11) is 0. The van der Waals surface area contributed by atoms with Crippen LogP contribution in [0.25, 0.3) is 0 Å². The number of thiocarbonyl (C=S) groups is 1. The van der Waals surface area contributed by atoms with Crippen LogP contribution in [0.3, 0.4) is 0 Å². The molecule has 0 atom stereocenters. The molecule has 0 saturated heterocycles. The Morgan fingerprint density at radius 1 is 1.44 bits per heavy atom. The van der Waals surface area contributed by atoms with Crippen molar-refractivity contribution in [3.05, 3.63) is 32.7 Å². The van der Waals surface area contributed by atoms with Crippen molar-refractivity contribution in [2.75, 3.05) is 6.54 Å². The number of carbonyl (C=O) groups is 1. The molecular formula is C12H14Br2N2OS. The molecule has 98 valence electrons. The first-order chi connectivity index (χ1) is 8.24. The van der Waals surface area contributed by atoms with Crippen LogP contribution in [-0.4, -0.2) is 17.4 Å². The summed E-state index contributed by atoms with van der Waals surface area (Å²) >= 11 is 11.6. The van der Waals surface area contributed by atoms with E-state index in [1.165, 1.54) is 0 Å². The molecule has 6 heteroatoms. The molecule has 0 aliphatic heterocycles. The van der Waals surface area contributed by atoms with E-state index in [0.717, 1.165) is 8.95 Å². The fraction of sp³-hybridized carbons (Fsp3) is 0.333. The lowest BCUT2D eigenvalue weighted by Crippen LogP contribution is -2.41. The second-order valence-electron chi connectivity index (χ2n) is 4.55. The van der Waals surface area contributed by atoms with Crippen LogP contribution in [0.5, 0.6) is 0 Å². The van der Waals surface area contributed by atoms with Crippen LogP contribution in [0, 0.1) is 5.41 Å². The predicted octanol–water partition coefficient (Wildman–Crippen LogP) is 3.25. The molecule has 1 rings (SSSR count). The molecule has 0 heterocycles. The van der Waals surface area contributed by atoms with E-state index >= 15 is 0 Å². The number of rotatable bonds is 4. The summed E-state index contributed by atoms with van der Waals surface area (Å²) in [6.07, 6.45) is 0. The standard InChI is InChI=1S/C12H14Br2N2OS/c1-12(2,11(15)18)6-16-10(17)8-4-3-7(13)5-9(8)14/h3-5H,6H2,1-2H3,(H2,15,18)(H,16,17). The Balaban J connectivity index is 2.75. The molecule has 18 heavy (non-hydrogen) atoms. The number of carbonyl (C=O) groups excluding carboxylic acids is 1. The SMILES string of the molecule is CC(C)(CNC(=O)c1ccc(Br)cc1Br)C(N)=S. The fourth-order valence-corrected chi connectivity index (χ4v) is 2.46. The second kappa shape index (κ2) is 6.12. The van der Waals surface area contributed by atoms with Crippen molar-refractivity contribution >= 4 is 55.0 Å². The highest BCUT2D eigenvalue weighted by Crippen LogP contribution is 2.22. The van der Waals surface area contributed by atoms with Gasteiger partial charge in [-0.2, -0.15) is 0 Å². The van der Waals surface area contributed by atoms with Gasteiger partial charge in [-0.15, -0.1) is 0 Å². The topological polar surface area (TPSA) is 55.1 Å². The molecule has 0 unspecified atom stereocenters. The zero-order chi connectivity index (χ0) is 13.9. The molecule has 3 N–H and O–H groups in total. The van der Waals surface area contributed by atoms with Gasteiger partial charge in [0.15, 0.2) is 0 Å². The molecule has 0 aromatic heterocycles. The first-order valence-corrected chi connectivity index (χ1v) is 7.26. The molecule has 1 aromatic carbocycles. The van der Waals surface area contributed by atoms with Crippen molar-refractivity contribution in [1.29, 1.82) is 0 Å². The van der Waals surface area contributed by atoms with E-state index in [9.17, 15) is 4.79 Å². The highest BCUT2D eigenvalue weighted by molar-refractivity contribution is 9.11. The Morgan fingerprint density at radius 2 is 2.06 bits per heavy atom. The van der Waals surface area contributed by atoms with Gasteiger partial charge in [0.2, 0.25) is 0 Å². The summed E-state index contributed by atoms with van der Waals surface area (Å²) in [5.41, 5.74) is 5.79. The minimum absolute atomic E-state index is 0.154. The van der Waals surface area contributed by atoms with E-state index in [-0.39, 0.29) is 5.91 Å². The van der Waals surface area contributed by atoms with Gasteiger partial charge < -0.3 is 11.1 Å². The second-order valence-corrected chi connectivity index (χ2v) is 6.76. The van der Waals surface area contributed by atoms with Crippen LogP contribution in [0.1, 0.15) is 24.2 Å². The zero-order valence-corrected chi connectivity index (χ0v) is 14.1. The Morgan fingerprint density at radius 3 is 2.56 bits per heavy atom. The van der Waals surface area contributed by atoms with Gasteiger partial charge in [-0.05, 0) is 34.1 Å². The smallest absolute Gasteiger partial charge is 0.252 e. The molecule has 1 aromatic rings. The van der Waals surface area contributed by atoms with E-state index in [2.05, 4.69) is 37.2 Å². The van der Waals surface area contributed by atoms with Crippen LogP contribution in [0.15, 0.2) is 27.1 Å². The van der Waals surface area contributed by atoms with Gasteiger partial charge in [0, 0.05) is 20.9 Å². The van der Waals surface area contributed by atoms with Gasteiger partial charge >= 0.3 is 0 Å². The van der Waals surface area contributed by atoms with Gasteiger partial charge in [-0.25, -0.2) is 0 Å². The van der Waals surface area contributed by atoms with Crippen molar-refractivity contribution in [1.82, 2.24) is 5.32 Å². The number of nitrogens with one attached hydrogen (secondary N) is 1. The maximum Gasteiger partial charge on any atom is 0.252 e. The van der Waals surface area contributed by atoms with E-state index in [1.807, 2.05) is 26.0 Å². The third-order valence-electron chi connectivity index (χ3n) is 2.53. The van der Waals surface area contributed by atoms with Gasteiger partial charge in [0.25, 0.3) is 5.91 Å². The number of hydrogen-bond donors (Lipinski definition) is 2. The van der Waals surface area contributed by atoms with Crippen molar-refractivity contribution in [2.45, 2.75) is 13.8 Å². The largest absolute Gasteiger partial charge is 0.393 e. The van der Waals surface area contributed by atoms with Crippen molar-refractivity contribution in [3.8, 4) is 0 Å². The highest BCUT2D eigenvalue weighted by Gasteiger charge is 2.22. The van der Waals surface area contributed by atoms with Gasteiger partial charge in [0.05, 0.1) is 10.6 Å². The lowest BCUT2D eigenvalue weighted by atomic mass is 9.93. The number of benzene rings is 1. The van der Waals surface area contributed by atoms with E-state index in [1.54, 1.807) is 6.07 Å². The van der Waals surface area contributed by atoms with Crippen LogP contribution in [0.2, 0.25) is 0 Å². The lowest BCUT2D eigenvalue weighted by molar-refractivity contribution is 0.0944. The quantitative estimate of drug-likeness (QED) is 0.772. The molecular weight excluding hydrogens is 380 g/mol. The summed E-state index contributed by atoms with van der Waals surface area (Å²) in [4.78, 5) is 12.4. The van der Waals surface area contributed by atoms with Crippen molar-refractivity contribution < 1.29 is 4.79 Å². The highest BCUT2D eigenvalue weighted by atomic mass is 79.9. The monoisotopic (exact) mass is 392 g/mol. The molecule has 1 amide bonds. The average Bonchev–Trinajstić information content (AvgIpc) is 2.25. The minimum atomic E-state index is -0.396. The Kier molecular flexibility index (Phi) is 5.31. The lowest BCUT2D eigenvalue weighted by Gasteiger charge is -2.23.